The van der Waals surface area contributed by atoms with Gasteiger partial charge < -0.3 is 5.32 Å². The van der Waals surface area contributed by atoms with Gasteiger partial charge in [-0.25, -0.2) is 9.97 Å². The fourth-order valence-electron chi connectivity index (χ4n) is 3.37. The molecule has 1 aliphatic carbocycles. The number of fused-ring (bicyclic) bond motifs is 1. The number of hydrogen-bond acceptors (Lipinski definition) is 4. The van der Waals surface area contributed by atoms with E-state index in [1.54, 1.807) is 17.7 Å². The van der Waals surface area contributed by atoms with Crippen LogP contribution in [0, 0.1) is 6.92 Å². The van der Waals surface area contributed by atoms with Crippen LogP contribution in [0.4, 0.5) is 5.82 Å². The molecule has 4 heteroatoms. The Labute approximate surface area is 140 Å². The van der Waals surface area contributed by atoms with Crippen LogP contribution in [0.25, 0.3) is 21.3 Å². The largest absolute Gasteiger partial charge is 0.367 e. The second kappa shape index (κ2) is 6.28. The smallest absolute Gasteiger partial charge is 0.139 e. The number of nitrogens with zero attached hydrogens (tertiary/aromatic N) is 2. The molecule has 2 heterocycles. The molecule has 0 bridgehead atoms. The maximum Gasteiger partial charge on any atom is 0.139 e. The van der Waals surface area contributed by atoms with Crippen molar-refractivity contribution in [3.63, 3.8) is 0 Å². The first-order chi connectivity index (χ1) is 11.3. The second-order valence-electron chi connectivity index (χ2n) is 6.40. The van der Waals surface area contributed by atoms with E-state index < -0.39 is 0 Å². The minimum atomic E-state index is 0.549. The number of nitrogens with one attached hydrogen (secondary N) is 1. The Morgan fingerprint density at radius 2 is 1.83 bits per heavy atom. The highest BCUT2D eigenvalue weighted by Gasteiger charge is 2.18. The normalized spacial score (nSPS) is 15.9. The van der Waals surface area contributed by atoms with Crippen LogP contribution in [-0.2, 0) is 0 Å². The molecule has 4 rings (SSSR count). The van der Waals surface area contributed by atoms with E-state index in [4.69, 9.17) is 0 Å². The first-order valence-corrected chi connectivity index (χ1v) is 9.25. The predicted octanol–water partition coefficient (Wildman–Crippen LogP) is 5.41. The number of hydrogen-bond donors (Lipinski definition) is 1. The highest BCUT2D eigenvalue weighted by Crippen LogP contribution is 2.37. The summed E-state index contributed by atoms with van der Waals surface area (Å²) in [5.74, 6) is 0.999. The lowest BCUT2D eigenvalue weighted by Crippen LogP contribution is -2.22. The van der Waals surface area contributed by atoms with Gasteiger partial charge in [-0.05, 0) is 25.3 Å². The third-order valence-electron chi connectivity index (χ3n) is 4.68. The molecule has 0 atom stereocenters. The van der Waals surface area contributed by atoms with Crippen LogP contribution in [0.2, 0.25) is 0 Å². The lowest BCUT2D eigenvalue weighted by atomic mass is 9.95. The highest BCUT2D eigenvalue weighted by molar-refractivity contribution is 7.17. The van der Waals surface area contributed by atoms with Crippen LogP contribution >= 0.6 is 11.3 Å². The summed E-state index contributed by atoms with van der Waals surface area (Å²) in [4.78, 5) is 10.1. The molecule has 3 aromatic rings. The summed E-state index contributed by atoms with van der Waals surface area (Å²) in [7, 11) is 0. The molecule has 1 aliphatic rings. The quantitative estimate of drug-likeness (QED) is 0.700. The van der Waals surface area contributed by atoms with E-state index in [1.165, 1.54) is 54.2 Å². The second-order valence-corrected chi connectivity index (χ2v) is 7.26. The van der Waals surface area contributed by atoms with Crippen molar-refractivity contribution in [2.24, 2.45) is 0 Å². The Hall–Kier alpha value is -1.94. The highest BCUT2D eigenvalue weighted by atomic mass is 32.1. The fraction of sp³-hybridized carbons (Fsp3) is 0.368. The van der Waals surface area contributed by atoms with Crippen LogP contribution < -0.4 is 5.32 Å². The molecule has 1 N–H and O–H groups in total. The Balaban J connectivity index is 1.75. The number of thiophene rings is 1. The van der Waals surface area contributed by atoms with Gasteiger partial charge in [0, 0.05) is 17.0 Å². The Morgan fingerprint density at radius 1 is 1.04 bits per heavy atom. The van der Waals surface area contributed by atoms with Gasteiger partial charge in [0.25, 0.3) is 0 Å². The minimum absolute atomic E-state index is 0.549. The maximum atomic E-state index is 4.56. The van der Waals surface area contributed by atoms with Gasteiger partial charge in [0.05, 0.1) is 5.39 Å². The Morgan fingerprint density at radius 3 is 2.61 bits per heavy atom. The zero-order valence-corrected chi connectivity index (χ0v) is 14.2. The summed E-state index contributed by atoms with van der Waals surface area (Å²) >= 11 is 1.70. The monoisotopic (exact) mass is 323 g/mol. The fourth-order valence-corrected chi connectivity index (χ4v) is 4.29. The Kier molecular flexibility index (Phi) is 4.00. The van der Waals surface area contributed by atoms with E-state index in [9.17, 15) is 0 Å². The molecular weight excluding hydrogens is 302 g/mol. The summed E-state index contributed by atoms with van der Waals surface area (Å²) < 4.78 is 0. The molecule has 0 saturated heterocycles. The predicted molar refractivity (Wildman–Crippen MR) is 98.1 cm³/mol. The van der Waals surface area contributed by atoms with Crippen molar-refractivity contribution >= 4 is 27.4 Å². The molecule has 0 unspecified atom stereocenters. The molecule has 1 fully saturated rings. The number of aryl methyl sites for hydroxylation is 1. The summed E-state index contributed by atoms with van der Waals surface area (Å²) in [5.41, 5.74) is 3.76. The van der Waals surface area contributed by atoms with Crippen LogP contribution in [-0.4, -0.2) is 16.0 Å². The molecule has 0 amide bonds. The first-order valence-electron chi connectivity index (χ1n) is 8.37. The van der Waals surface area contributed by atoms with Crippen molar-refractivity contribution in [1.29, 1.82) is 0 Å². The third kappa shape index (κ3) is 2.95. The molecule has 1 aromatic carbocycles. The van der Waals surface area contributed by atoms with Crippen LogP contribution in [0.3, 0.4) is 0 Å². The molecule has 1 saturated carbocycles. The van der Waals surface area contributed by atoms with Crippen molar-refractivity contribution in [2.75, 3.05) is 5.32 Å². The van der Waals surface area contributed by atoms with Crippen LogP contribution in [0.1, 0.15) is 37.7 Å². The average Bonchev–Trinajstić information content (AvgIpc) is 3.02. The van der Waals surface area contributed by atoms with Gasteiger partial charge in [0.1, 0.15) is 17.0 Å². The summed E-state index contributed by atoms with van der Waals surface area (Å²) in [6.07, 6.45) is 8.18. The van der Waals surface area contributed by atoms with Gasteiger partial charge in [-0.2, -0.15) is 0 Å². The van der Waals surface area contributed by atoms with Gasteiger partial charge in [-0.3, -0.25) is 0 Å². The SMILES string of the molecule is Cc1ccc(-c2csc3ncnc(NC4CCCCC4)c23)cc1. The van der Waals surface area contributed by atoms with Crippen LogP contribution in [0.5, 0.6) is 0 Å². The standard InChI is InChI=1S/C19H21N3S/c1-13-7-9-14(10-8-13)16-11-23-19-17(16)18(20-12-21-19)22-15-5-3-2-4-6-15/h7-12,15H,2-6H2,1H3,(H,20,21,22). The van der Waals surface area contributed by atoms with Crippen molar-refractivity contribution in [1.82, 2.24) is 9.97 Å². The number of benzene rings is 1. The summed E-state index contributed by atoms with van der Waals surface area (Å²) in [5, 5.41) is 7.06. The molecule has 118 valence electrons. The van der Waals surface area contributed by atoms with Gasteiger partial charge >= 0.3 is 0 Å². The van der Waals surface area contributed by atoms with Gasteiger partial charge in [0.2, 0.25) is 0 Å². The van der Waals surface area contributed by atoms with Crippen molar-refractivity contribution < 1.29 is 0 Å². The summed E-state index contributed by atoms with van der Waals surface area (Å²) in [6.45, 7) is 2.12. The van der Waals surface area contributed by atoms with Gasteiger partial charge in [-0.15, -0.1) is 11.3 Å². The average molecular weight is 323 g/mol. The zero-order chi connectivity index (χ0) is 15.6. The molecule has 2 aromatic heterocycles. The minimum Gasteiger partial charge on any atom is -0.367 e. The molecule has 23 heavy (non-hydrogen) atoms. The third-order valence-corrected chi connectivity index (χ3v) is 5.57. The van der Waals surface area contributed by atoms with E-state index in [-0.39, 0.29) is 0 Å². The lowest BCUT2D eigenvalue weighted by molar-refractivity contribution is 0.462. The van der Waals surface area contributed by atoms with Crippen molar-refractivity contribution in [2.45, 2.75) is 45.1 Å². The van der Waals surface area contributed by atoms with Crippen LogP contribution in [0.15, 0.2) is 36.0 Å². The van der Waals surface area contributed by atoms with E-state index in [2.05, 4.69) is 51.9 Å². The molecule has 0 spiro atoms. The van der Waals surface area contributed by atoms with Crippen molar-refractivity contribution in [3.05, 3.63) is 41.5 Å². The number of aromatic nitrogens is 2. The summed E-state index contributed by atoms with van der Waals surface area (Å²) in [6, 6.07) is 9.25. The Bertz CT molecular complexity index is 801. The molecule has 3 nitrogen and oxygen atoms in total. The lowest BCUT2D eigenvalue weighted by Gasteiger charge is -2.23. The first kappa shape index (κ1) is 14.6. The van der Waals surface area contributed by atoms with E-state index in [0.717, 1.165) is 10.6 Å². The number of anilines is 1. The topological polar surface area (TPSA) is 37.8 Å². The maximum absolute atomic E-state index is 4.56. The number of rotatable bonds is 3. The molecular formula is C19H21N3S. The van der Waals surface area contributed by atoms with Gasteiger partial charge in [0.15, 0.2) is 0 Å². The van der Waals surface area contributed by atoms with E-state index in [0.29, 0.717) is 6.04 Å². The van der Waals surface area contributed by atoms with E-state index >= 15 is 0 Å². The molecule has 0 aliphatic heterocycles. The van der Waals surface area contributed by atoms with Crippen molar-refractivity contribution in [3.8, 4) is 11.1 Å². The zero-order valence-electron chi connectivity index (χ0n) is 13.4. The molecule has 0 radical (unpaired) electrons. The van der Waals surface area contributed by atoms with E-state index in [1.807, 2.05) is 0 Å². The van der Waals surface area contributed by atoms with Gasteiger partial charge in [-0.1, -0.05) is 49.1 Å².